The number of esters is 1. The zero-order chi connectivity index (χ0) is 20.1. The molecule has 2 aliphatic rings. The summed E-state index contributed by atoms with van der Waals surface area (Å²) in [5.41, 5.74) is 2.54. The molecule has 1 N–H and O–H groups in total. The highest BCUT2D eigenvalue weighted by molar-refractivity contribution is 14.0. The van der Waals surface area contributed by atoms with Gasteiger partial charge in [0.25, 0.3) is 0 Å². The van der Waals surface area contributed by atoms with Gasteiger partial charge in [-0.3, -0.25) is 9.79 Å². The van der Waals surface area contributed by atoms with Crippen LogP contribution in [0.1, 0.15) is 32.3 Å². The van der Waals surface area contributed by atoms with Gasteiger partial charge in [0.1, 0.15) is 0 Å². The minimum absolute atomic E-state index is 0. The molecular weight excluding hydrogens is 479 g/mol. The molecule has 0 aromatic heterocycles. The quantitative estimate of drug-likeness (QED) is 0.289. The van der Waals surface area contributed by atoms with Gasteiger partial charge in [-0.2, -0.15) is 0 Å². The van der Waals surface area contributed by atoms with E-state index in [1.54, 1.807) is 7.05 Å². The zero-order valence-corrected chi connectivity index (χ0v) is 20.4. The summed E-state index contributed by atoms with van der Waals surface area (Å²) in [6.45, 7) is 8.92. The van der Waals surface area contributed by atoms with Crippen LogP contribution in [0.2, 0.25) is 0 Å². The summed E-state index contributed by atoms with van der Waals surface area (Å²) < 4.78 is 4.93. The van der Waals surface area contributed by atoms with Gasteiger partial charge >= 0.3 is 5.97 Å². The molecule has 2 saturated heterocycles. The standard InChI is InChI=1S/C22H34N4O2.HI/c1-16-9-11-25(12-10-16)19-7-5-18(6-8-19)13-24-22(23-3)26-14-17(2)20(15-26)21(27)28-4;/h5-8,16-17,20H,9-15H2,1-4H3,(H,23,24);1H. The number of ether oxygens (including phenoxy) is 1. The van der Waals surface area contributed by atoms with Gasteiger partial charge < -0.3 is 19.9 Å². The van der Waals surface area contributed by atoms with E-state index in [2.05, 4.69) is 58.2 Å². The van der Waals surface area contributed by atoms with Crippen LogP contribution >= 0.6 is 24.0 Å². The Morgan fingerprint density at radius 1 is 1.17 bits per heavy atom. The molecule has 29 heavy (non-hydrogen) atoms. The minimum Gasteiger partial charge on any atom is -0.469 e. The molecule has 0 radical (unpaired) electrons. The first-order chi connectivity index (χ1) is 13.5. The highest BCUT2D eigenvalue weighted by Gasteiger charge is 2.36. The number of benzene rings is 1. The summed E-state index contributed by atoms with van der Waals surface area (Å²) in [6, 6.07) is 8.83. The number of carbonyl (C=O) groups excluding carboxylic acids is 1. The summed E-state index contributed by atoms with van der Waals surface area (Å²) in [5, 5.41) is 3.44. The number of aliphatic imine (C=N–C) groups is 1. The molecular formula is C22H35IN4O2. The number of guanidine groups is 1. The second kappa shape index (κ2) is 11.0. The van der Waals surface area contributed by atoms with Crippen molar-refractivity contribution < 1.29 is 9.53 Å². The van der Waals surface area contributed by atoms with Gasteiger partial charge in [-0.25, -0.2) is 0 Å². The number of rotatable bonds is 4. The van der Waals surface area contributed by atoms with Gasteiger partial charge in [0.05, 0.1) is 13.0 Å². The fraction of sp³-hybridized carbons (Fsp3) is 0.636. The molecule has 0 spiro atoms. The number of anilines is 1. The maximum atomic E-state index is 11.9. The van der Waals surface area contributed by atoms with E-state index < -0.39 is 0 Å². The molecule has 3 rings (SSSR count). The van der Waals surface area contributed by atoms with Crippen molar-refractivity contribution in [3.8, 4) is 0 Å². The van der Waals surface area contributed by atoms with Gasteiger partial charge in [-0.15, -0.1) is 24.0 Å². The first-order valence-electron chi connectivity index (χ1n) is 10.4. The SMILES string of the molecule is CN=C(NCc1ccc(N2CCC(C)CC2)cc1)N1CC(C)C(C(=O)OC)C1.I. The Morgan fingerprint density at radius 3 is 2.41 bits per heavy atom. The Hall–Kier alpha value is -1.51. The van der Waals surface area contributed by atoms with Gasteiger partial charge in [0.15, 0.2) is 5.96 Å². The van der Waals surface area contributed by atoms with Crippen molar-refractivity contribution >= 4 is 41.6 Å². The van der Waals surface area contributed by atoms with Crippen LogP contribution in [-0.4, -0.2) is 57.2 Å². The van der Waals surface area contributed by atoms with Crippen LogP contribution in [0, 0.1) is 17.8 Å². The summed E-state index contributed by atoms with van der Waals surface area (Å²) in [4.78, 5) is 21.0. The zero-order valence-electron chi connectivity index (χ0n) is 18.1. The normalized spacial score (nSPS) is 23.0. The number of hydrogen-bond donors (Lipinski definition) is 1. The Morgan fingerprint density at radius 2 is 1.83 bits per heavy atom. The van der Waals surface area contributed by atoms with E-state index in [1.807, 2.05) is 0 Å². The number of piperidine rings is 1. The number of likely N-dealkylation sites (tertiary alicyclic amines) is 1. The number of nitrogens with one attached hydrogen (secondary N) is 1. The van der Waals surface area contributed by atoms with Crippen LogP contribution in [0.25, 0.3) is 0 Å². The fourth-order valence-electron chi connectivity index (χ4n) is 4.20. The van der Waals surface area contributed by atoms with Crippen molar-refractivity contribution in [1.82, 2.24) is 10.2 Å². The molecule has 1 aromatic carbocycles. The number of methoxy groups -OCH3 is 1. The molecule has 1 aromatic rings. The molecule has 0 aliphatic carbocycles. The maximum absolute atomic E-state index is 11.9. The molecule has 7 heteroatoms. The number of carbonyl (C=O) groups is 1. The average molecular weight is 514 g/mol. The van der Waals surface area contributed by atoms with E-state index in [-0.39, 0.29) is 41.8 Å². The third-order valence-corrected chi connectivity index (χ3v) is 6.16. The molecule has 2 atom stereocenters. The second-order valence-corrected chi connectivity index (χ2v) is 8.25. The van der Waals surface area contributed by atoms with Crippen LogP contribution in [0.15, 0.2) is 29.3 Å². The van der Waals surface area contributed by atoms with Gasteiger partial charge in [-0.05, 0) is 42.4 Å². The van der Waals surface area contributed by atoms with E-state index >= 15 is 0 Å². The number of nitrogens with zero attached hydrogens (tertiary/aromatic N) is 3. The minimum atomic E-state index is -0.131. The number of halogens is 1. The fourth-order valence-corrected chi connectivity index (χ4v) is 4.20. The van der Waals surface area contributed by atoms with Crippen molar-refractivity contribution in [1.29, 1.82) is 0 Å². The summed E-state index contributed by atoms with van der Waals surface area (Å²) in [5.74, 6) is 1.73. The predicted octanol–water partition coefficient (Wildman–Crippen LogP) is 3.36. The summed E-state index contributed by atoms with van der Waals surface area (Å²) >= 11 is 0. The third-order valence-electron chi connectivity index (χ3n) is 6.16. The average Bonchev–Trinajstić information content (AvgIpc) is 3.10. The molecule has 6 nitrogen and oxygen atoms in total. The highest BCUT2D eigenvalue weighted by atomic mass is 127. The van der Waals surface area contributed by atoms with Crippen molar-refractivity contribution in [3.63, 3.8) is 0 Å². The van der Waals surface area contributed by atoms with Crippen molar-refractivity contribution in [3.05, 3.63) is 29.8 Å². The molecule has 0 saturated carbocycles. The maximum Gasteiger partial charge on any atom is 0.310 e. The van der Waals surface area contributed by atoms with Crippen LogP contribution in [0.5, 0.6) is 0 Å². The first kappa shape index (κ1) is 23.8. The Labute approximate surface area is 192 Å². The lowest BCUT2D eigenvalue weighted by molar-refractivity contribution is -0.145. The molecule has 2 heterocycles. The molecule has 2 aliphatic heterocycles. The van der Waals surface area contributed by atoms with Crippen LogP contribution in [0.3, 0.4) is 0 Å². The largest absolute Gasteiger partial charge is 0.469 e. The molecule has 2 fully saturated rings. The van der Waals surface area contributed by atoms with Gasteiger partial charge in [-0.1, -0.05) is 26.0 Å². The van der Waals surface area contributed by atoms with Crippen LogP contribution < -0.4 is 10.2 Å². The highest BCUT2D eigenvalue weighted by Crippen LogP contribution is 2.25. The summed E-state index contributed by atoms with van der Waals surface area (Å²) in [6.07, 6.45) is 2.56. The van der Waals surface area contributed by atoms with E-state index in [0.29, 0.717) is 6.54 Å². The molecule has 162 valence electrons. The predicted molar refractivity (Wildman–Crippen MR) is 129 cm³/mol. The molecule has 0 bridgehead atoms. The third kappa shape index (κ3) is 5.99. The second-order valence-electron chi connectivity index (χ2n) is 8.25. The van der Waals surface area contributed by atoms with Crippen LogP contribution in [-0.2, 0) is 16.1 Å². The van der Waals surface area contributed by atoms with Crippen molar-refractivity contribution in [2.24, 2.45) is 22.7 Å². The van der Waals surface area contributed by atoms with E-state index in [1.165, 1.54) is 31.2 Å². The summed E-state index contributed by atoms with van der Waals surface area (Å²) in [7, 11) is 3.25. The Bertz CT molecular complexity index is 687. The smallest absolute Gasteiger partial charge is 0.310 e. The lowest BCUT2D eigenvalue weighted by Gasteiger charge is -2.32. The topological polar surface area (TPSA) is 57.2 Å². The van der Waals surface area contributed by atoms with Crippen molar-refractivity contribution in [2.75, 3.05) is 45.2 Å². The number of hydrogen-bond acceptors (Lipinski definition) is 4. The monoisotopic (exact) mass is 514 g/mol. The lowest BCUT2D eigenvalue weighted by Crippen LogP contribution is -2.40. The molecule has 2 unspecified atom stereocenters. The van der Waals surface area contributed by atoms with Crippen molar-refractivity contribution in [2.45, 2.75) is 33.2 Å². The first-order valence-corrected chi connectivity index (χ1v) is 10.4. The van der Waals surface area contributed by atoms with E-state index in [0.717, 1.165) is 38.1 Å². The Kier molecular flexibility index (Phi) is 9.04. The van der Waals surface area contributed by atoms with E-state index in [4.69, 9.17) is 4.74 Å². The van der Waals surface area contributed by atoms with Gasteiger partial charge in [0.2, 0.25) is 0 Å². The molecule has 0 amide bonds. The Balaban J connectivity index is 0.00000300. The van der Waals surface area contributed by atoms with Crippen LogP contribution in [0.4, 0.5) is 5.69 Å². The van der Waals surface area contributed by atoms with E-state index in [9.17, 15) is 4.79 Å². The lowest BCUT2D eigenvalue weighted by atomic mass is 9.99. The van der Waals surface area contributed by atoms with Gasteiger partial charge in [0, 0.05) is 45.5 Å².